The maximum absolute atomic E-state index is 2.47. The lowest BCUT2D eigenvalue weighted by Crippen LogP contribution is -1.95. The summed E-state index contributed by atoms with van der Waals surface area (Å²) in [5, 5.41) is 7.48. The average molecular weight is 802 g/mol. The van der Waals surface area contributed by atoms with Crippen LogP contribution in [0.4, 0.5) is 0 Å². The summed E-state index contributed by atoms with van der Waals surface area (Å²) in [6, 6.07) is 86.4. The molecule has 0 amide bonds. The fourth-order valence-corrected chi connectivity index (χ4v) is 10.2. The first-order valence-corrected chi connectivity index (χ1v) is 21.7. The molecule has 0 fully saturated rings. The van der Waals surface area contributed by atoms with E-state index < -0.39 is 0 Å². The molecule has 10 aromatic carbocycles. The van der Waals surface area contributed by atoms with Crippen LogP contribution in [0.1, 0.15) is 0 Å². The van der Waals surface area contributed by atoms with E-state index in [0.29, 0.717) is 0 Å². The standard InChI is InChI=1S/C60H39N3/c1-4-16-40(17-5-1)42-20-14-24-47(36-42)62-53-28-12-10-26-49(53)51-38-44(30-32-55(51)62)45-31-33-56-52(39-45)60-58(63(56)48-25-15-21-43(37-48)41-18-6-2-7-19-41)35-34-57-59(60)50-27-11-13-29-54(50)61(57)46-22-8-3-9-23-46/h1-39H. The quantitative estimate of drug-likeness (QED) is 0.159. The molecule has 294 valence electrons. The molecule has 0 radical (unpaired) electrons. The van der Waals surface area contributed by atoms with Gasteiger partial charge >= 0.3 is 0 Å². The van der Waals surface area contributed by atoms with E-state index in [-0.39, 0.29) is 0 Å². The van der Waals surface area contributed by atoms with Crippen LogP contribution in [0.5, 0.6) is 0 Å². The highest BCUT2D eigenvalue weighted by Gasteiger charge is 2.22. The molecule has 0 unspecified atom stereocenters. The van der Waals surface area contributed by atoms with Crippen molar-refractivity contribution in [3.05, 3.63) is 237 Å². The van der Waals surface area contributed by atoms with E-state index in [1.54, 1.807) is 0 Å². The summed E-state index contributed by atoms with van der Waals surface area (Å²) >= 11 is 0. The summed E-state index contributed by atoms with van der Waals surface area (Å²) in [5.74, 6) is 0. The molecule has 3 heterocycles. The highest BCUT2D eigenvalue weighted by Crippen LogP contribution is 2.44. The lowest BCUT2D eigenvalue weighted by molar-refractivity contribution is 1.17. The topological polar surface area (TPSA) is 14.8 Å². The third kappa shape index (κ3) is 5.53. The number of para-hydroxylation sites is 3. The Labute approximate surface area is 364 Å². The number of hydrogen-bond acceptors (Lipinski definition) is 0. The summed E-state index contributed by atoms with van der Waals surface area (Å²) < 4.78 is 7.31. The van der Waals surface area contributed by atoms with Crippen molar-refractivity contribution in [2.75, 3.05) is 0 Å². The van der Waals surface area contributed by atoms with Gasteiger partial charge in [-0.15, -0.1) is 0 Å². The number of hydrogen-bond donors (Lipinski definition) is 0. The SMILES string of the molecule is c1ccc(-c2cccc(-n3c4ccccc4c4cc(-c5ccc6c(c5)c5c7c8ccccc8n(-c8ccccc8)c7ccc5n6-c5cccc(-c6ccccc6)c5)ccc43)c2)cc1. The molecule has 0 aliphatic heterocycles. The van der Waals surface area contributed by atoms with Gasteiger partial charge in [0.2, 0.25) is 0 Å². The van der Waals surface area contributed by atoms with Crippen LogP contribution in [0.15, 0.2) is 237 Å². The summed E-state index contributed by atoms with van der Waals surface area (Å²) in [7, 11) is 0. The third-order valence-electron chi connectivity index (χ3n) is 13.0. The smallest absolute Gasteiger partial charge is 0.0548 e. The Kier molecular flexibility index (Phi) is 7.91. The first-order chi connectivity index (χ1) is 31.3. The maximum atomic E-state index is 2.47. The summed E-state index contributed by atoms with van der Waals surface area (Å²) in [6.07, 6.45) is 0. The predicted octanol–water partition coefficient (Wildman–Crippen LogP) is 16.0. The van der Waals surface area contributed by atoms with Gasteiger partial charge in [0.15, 0.2) is 0 Å². The van der Waals surface area contributed by atoms with Crippen LogP contribution in [0.25, 0.3) is 116 Å². The number of benzene rings is 10. The van der Waals surface area contributed by atoms with E-state index in [9.17, 15) is 0 Å². The Hall–Kier alpha value is -8.40. The summed E-state index contributed by atoms with van der Waals surface area (Å²) in [6.45, 7) is 0. The molecule has 13 rings (SSSR count). The first-order valence-electron chi connectivity index (χ1n) is 21.7. The molecule has 0 atom stereocenters. The molecule has 63 heavy (non-hydrogen) atoms. The summed E-state index contributed by atoms with van der Waals surface area (Å²) in [4.78, 5) is 0. The van der Waals surface area contributed by atoms with Crippen molar-refractivity contribution in [2.24, 2.45) is 0 Å². The summed E-state index contributed by atoms with van der Waals surface area (Å²) in [5.41, 5.74) is 17.8. The maximum Gasteiger partial charge on any atom is 0.0548 e. The molecular weight excluding hydrogens is 763 g/mol. The fourth-order valence-electron chi connectivity index (χ4n) is 10.2. The monoisotopic (exact) mass is 801 g/mol. The van der Waals surface area contributed by atoms with Gasteiger partial charge in [-0.25, -0.2) is 0 Å². The number of fused-ring (bicyclic) bond motifs is 10. The van der Waals surface area contributed by atoms with E-state index in [0.717, 1.165) is 17.1 Å². The van der Waals surface area contributed by atoms with Crippen LogP contribution < -0.4 is 0 Å². The largest absolute Gasteiger partial charge is 0.309 e. The van der Waals surface area contributed by atoms with Crippen molar-refractivity contribution in [2.45, 2.75) is 0 Å². The van der Waals surface area contributed by atoms with E-state index in [2.05, 4.69) is 250 Å². The Morgan fingerprint density at radius 2 is 0.556 bits per heavy atom. The molecule has 0 aliphatic rings. The molecule has 0 spiro atoms. The van der Waals surface area contributed by atoms with Gasteiger partial charge in [0.05, 0.1) is 33.1 Å². The van der Waals surface area contributed by atoms with Gasteiger partial charge in [0, 0.05) is 49.4 Å². The van der Waals surface area contributed by atoms with Gasteiger partial charge < -0.3 is 13.7 Å². The highest BCUT2D eigenvalue weighted by atomic mass is 15.0. The van der Waals surface area contributed by atoms with Gasteiger partial charge in [-0.1, -0.05) is 152 Å². The Morgan fingerprint density at radius 1 is 0.190 bits per heavy atom. The predicted molar refractivity (Wildman–Crippen MR) is 266 cm³/mol. The van der Waals surface area contributed by atoms with Crippen LogP contribution >= 0.6 is 0 Å². The minimum Gasteiger partial charge on any atom is -0.309 e. The van der Waals surface area contributed by atoms with Crippen molar-refractivity contribution < 1.29 is 0 Å². The number of rotatable bonds is 6. The molecule has 0 saturated carbocycles. The van der Waals surface area contributed by atoms with Crippen LogP contribution in [0.3, 0.4) is 0 Å². The fraction of sp³-hybridized carbons (Fsp3) is 0. The van der Waals surface area contributed by atoms with Crippen LogP contribution in [-0.4, -0.2) is 13.7 Å². The second kappa shape index (κ2) is 14.1. The lowest BCUT2D eigenvalue weighted by atomic mass is 9.99. The normalized spacial score (nSPS) is 11.8. The number of aromatic nitrogens is 3. The van der Waals surface area contributed by atoms with Gasteiger partial charge in [-0.2, -0.15) is 0 Å². The van der Waals surface area contributed by atoms with E-state index >= 15 is 0 Å². The lowest BCUT2D eigenvalue weighted by Gasteiger charge is -2.11. The van der Waals surface area contributed by atoms with Crippen LogP contribution in [0, 0.1) is 0 Å². The van der Waals surface area contributed by atoms with Crippen molar-refractivity contribution in [1.29, 1.82) is 0 Å². The van der Waals surface area contributed by atoms with E-state index in [1.807, 2.05) is 0 Å². The molecular formula is C60H39N3. The zero-order valence-electron chi connectivity index (χ0n) is 34.4. The second-order valence-electron chi connectivity index (χ2n) is 16.5. The van der Waals surface area contributed by atoms with Crippen molar-refractivity contribution in [3.63, 3.8) is 0 Å². The molecule has 3 aromatic heterocycles. The average Bonchev–Trinajstić information content (AvgIpc) is 4.00. The molecule has 13 aromatic rings. The van der Waals surface area contributed by atoms with E-state index in [1.165, 1.54) is 98.8 Å². The van der Waals surface area contributed by atoms with Crippen molar-refractivity contribution in [1.82, 2.24) is 13.7 Å². The molecule has 3 nitrogen and oxygen atoms in total. The van der Waals surface area contributed by atoms with Gasteiger partial charge in [-0.05, 0) is 118 Å². The van der Waals surface area contributed by atoms with Crippen molar-refractivity contribution >= 4 is 65.4 Å². The minimum atomic E-state index is 1.14. The molecule has 0 aliphatic carbocycles. The first kappa shape index (κ1) is 35.4. The third-order valence-corrected chi connectivity index (χ3v) is 13.0. The van der Waals surface area contributed by atoms with E-state index in [4.69, 9.17) is 0 Å². The minimum absolute atomic E-state index is 1.14. The Balaban J connectivity index is 1.06. The second-order valence-corrected chi connectivity index (χ2v) is 16.5. The molecule has 0 bridgehead atoms. The zero-order valence-corrected chi connectivity index (χ0v) is 34.4. The van der Waals surface area contributed by atoms with Crippen LogP contribution in [0.2, 0.25) is 0 Å². The Morgan fingerprint density at radius 3 is 1.16 bits per heavy atom. The van der Waals surface area contributed by atoms with Gasteiger partial charge in [0.25, 0.3) is 0 Å². The number of nitrogens with zero attached hydrogens (tertiary/aromatic N) is 3. The van der Waals surface area contributed by atoms with Crippen molar-refractivity contribution in [3.8, 4) is 50.4 Å². The van der Waals surface area contributed by atoms with Gasteiger partial charge in [0.1, 0.15) is 0 Å². The zero-order chi connectivity index (χ0) is 41.4. The highest BCUT2D eigenvalue weighted by molar-refractivity contribution is 6.29. The molecule has 0 saturated heterocycles. The van der Waals surface area contributed by atoms with Gasteiger partial charge in [-0.3, -0.25) is 0 Å². The Bertz CT molecular complexity index is 3890. The van der Waals surface area contributed by atoms with Crippen LogP contribution in [-0.2, 0) is 0 Å². The molecule has 3 heteroatoms. The molecule has 0 N–H and O–H groups in total.